The van der Waals surface area contributed by atoms with Crippen LogP contribution in [0.2, 0.25) is 0 Å². The molecule has 1 aromatic heterocycles. The second kappa shape index (κ2) is 9.11. The molecule has 4 rings (SSSR count). The van der Waals surface area contributed by atoms with Crippen molar-refractivity contribution < 1.29 is 4.79 Å². The highest BCUT2D eigenvalue weighted by Gasteiger charge is 2.28. The van der Waals surface area contributed by atoms with Crippen LogP contribution in [0.1, 0.15) is 49.4 Å². The monoisotopic (exact) mass is 388 g/mol. The molecule has 5 heteroatoms. The standard InChI is InChI=1S/C24H28N4O/c1-19(11-4-2-7-16-27-17-8-3-9-18-27)28-22-14-6-5-12-20(22)24(29)26-21-13-10-15-25-23(21)28/h5-6,10,12-15,19H,2-3,7-9,16-18H2,1H3,(H,26,29). The molecule has 0 radical (unpaired) electrons. The molecule has 2 aliphatic heterocycles. The number of amides is 1. The smallest absolute Gasteiger partial charge is 0.257 e. The Morgan fingerprint density at radius 2 is 1.97 bits per heavy atom. The Kier molecular flexibility index (Phi) is 6.12. The van der Waals surface area contributed by atoms with E-state index >= 15 is 0 Å². The maximum absolute atomic E-state index is 12.7. The quantitative estimate of drug-likeness (QED) is 0.621. The number of hydrogen-bond donors (Lipinski definition) is 1. The molecular weight excluding hydrogens is 360 g/mol. The van der Waals surface area contributed by atoms with Crippen LogP contribution in [0.5, 0.6) is 0 Å². The first-order valence-electron chi connectivity index (χ1n) is 10.6. The SMILES string of the molecule is CC(C#CCCCN1CCCCC1)N1c2ccccc2C(=O)Nc2cccnc21. The van der Waals surface area contributed by atoms with E-state index in [4.69, 9.17) is 0 Å². The highest BCUT2D eigenvalue weighted by Crippen LogP contribution is 2.37. The van der Waals surface area contributed by atoms with Gasteiger partial charge in [0.15, 0.2) is 5.82 Å². The van der Waals surface area contributed by atoms with E-state index in [2.05, 4.69) is 38.9 Å². The predicted molar refractivity (Wildman–Crippen MR) is 118 cm³/mol. The van der Waals surface area contributed by atoms with Crippen molar-refractivity contribution in [1.29, 1.82) is 0 Å². The molecular formula is C24H28N4O. The number of likely N-dealkylation sites (tertiary alicyclic amines) is 1. The molecule has 0 spiro atoms. The Bertz CT molecular complexity index is 924. The van der Waals surface area contributed by atoms with Gasteiger partial charge in [-0.2, -0.15) is 0 Å². The number of nitrogens with one attached hydrogen (secondary N) is 1. The summed E-state index contributed by atoms with van der Waals surface area (Å²) in [7, 11) is 0. The summed E-state index contributed by atoms with van der Waals surface area (Å²) in [5.41, 5.74) is 2.20. The lowest BCUT2D eigenvalue weighted by molar-refractivity contribution is 0.102. The average Bonchev–Trinajstić information content (AvgIpc) is 2.88. The lowest BCUT2D eigenvalue weighted by Crippen LogP contribution is -2.30. The van der Waals surface area contributed by atoms with E-state index in [1.54, 1.807) is 6.20 Å². The highest BCUT2D eigenvalue weighted by atomic mass is 16.1. The van der Waals surface area contributed by atoms with E-state index in [1.165, 1.54) is 32.4 Å². The van der Waals surface area contributed by atoms with Crippen LogP contribution in [-0.2, 0) is 0 Å². The number of unbranched alkanes of at least 4 members (excludes halogenated alkanes) is 1. The van der Waals surface area contributed by atoms with Gasteiger partial charge in [0.1, 0.15) is 0 Å². The van der Waals surface area contributed by atoms with E-state index in [9.17, 15) is 4.79 Å². The van der Waals surface area contributed by atoms with Crippen molar-refractivity contribution in [3.05, 3.63) is 48.2 Å². The number of para-hydroxylation sites is 1. The van der Waals surface area contributed by atoms with Crippen LogP contribution in [0.25, 0.3) is 0 Å². The Morgan fingerprint density at radius 1 is 1.14 bits per heavy atom. The molecule has 1 N–H and O–H groups in total. The Morgan fingerprint density at radius 3 is 2.83 bits per heavy atom. The summed E-state index contributed by atoms with van der Waals surface area (Å²) >= 11 is 0. The molecule has 1 saturated heterocycles. The second-order valence-electron chi connectivity index (χ2n) is 7.72. The van der Waals surface area contributed by atoms with E-state index in [-0.39, 0.29) is 11.9 Å². The summed E-state index contributed by atoms with van der Waals surface area (Å²) in [5.74, 6) is 7.38. The zero-order valence-electron chi connectivity index (χ0n) is 17.0. The van der Waals surface area contributed by atoms with Crippen molar-refractivity contribution in [3.8, 4) is 11.8 Å². The number of carbonyl (C=O) groups excluding carboxylic acids is 1. The van der Waals surface area contributed by atoms with Gasteiger partial charge in [0.05, 0.1) is 23.0 Å². The van der Waals surface area contributed by atoms with E-state index in [1.807, 2.05) is 36.4 Å². The number of aromatic nitrogens is 1. The van der Waals surface area contributed by atoms with Gasteiger partial charge in [-0.25, -0.2) is 4.98 Å². The van der Waals surface area contributed by atoms with Crippen LogP contribution in [0, 0.1) is 11.8 Å². The molecule has 3 heterocycles. The molecule has 0 bridgehead atoms. The number of rotatable bonds is 4. The van der Waals surface area contributed by atoms with Crippen LogP contribution in [-0.4, -0.2) is 41.5 Å². The van der Waals surface area contributed by atoms with Gasteiger partial charge in [-0.1, -0.05) is 24.5 Å². The normalized spacial score (nSPS) is 17.3. The number of hydrogen-bond acceptors (Lipinski definition) is 4. The lowest BCUT2D eigenvalue weighted by atomic mass is 10.1. The third kappa shape index (κ3) is 4.44. The molecule has 2 aliphatic rings. The molecule has 2 aromatic rings. The van der Waals surface area contributed by atoms with Gasteiger partial charge in [-0.15, -0.1) is 5.92 Å². The molecule has 5 nitrogen and oxygen atoms in total. The molecule has 0 aliphatic carbocycles. The Balaban J connectivity index is 1.51. The van der Waals surface area contributed by atoms with Gasteiger partial charge in [0.2, 0.25) is 0 Å². The van der Waals surface area contributed by atoms with E-state index in [0.717, 1.165) is 30.9 Å². The summed E-state index contributed by atoms with van der Waals surface area (Å²) < 4.78 is 0. The van der Waals surface area contributed by atoms with Crippen molar-refractivity contribution in [2.45, 2.75) is 45.1 Å². The predicted octanol–water partition coefficient (Wildman–Crippen LogP) is 4.44. The summed E-state index contributed by atoms with van der Waals surface area (Å²) in [6, 6.07) is 11.3. The van der Waals surface area contributed by atoms with Crippen LogP contribution in [0.3, 0.4) is 0 Å². The molecule has 1 atom stereocenters. The van der Waals surface area contributed by atoms with Crippen LogP contribution >= 0.6 is 0 Å². The first-order valence-corrected chi connectivity index (χ1v) is 10.6. The molecule has 1 unspecified atom stereocenters. The van der Waals surface area contributed by atoms with Gasteiger partial charge in [0.25, 0.3) is 5.91 Å². The fourth-order valence-electron chi connectivity index (χ4n) is 4.12. The van der Waals surface area contributed by atoms with E-state index in [0.29, 0.717) is 11.3 Å². The molecule has 29 heavy (non-hydrogen) atoms. The van der Waals surface area contributed by atoms with Crippen molar-refractivity contribution >= 4 is 23.1 Å². The summed E-state index contributed by atoms with van der Waals surface area (Å²) in [5, 5.41) is 2.98. The molecule has 0 saturated carbocycles. The van der Waals surface area contributed by atoms with Crippen LogP contribution in [0.15, 0.2) is 42.6 Å². The highest BCUT2D eigenvalue weighted by molar-refractivity contribution is 6.12. The second-order valence-corrected chi connectivity index (χ2v) is 7.72. The van der Waals surface area contributed by atoms with Gasteiger partial charge < -0.3 is 15.1 Å². The minimum absolute atomic E-state index is 0.0903. The van der Waals surface area contributed by atoms with Crippen molar-refractivity contribution in [2.75, 3.05) is 29.9 Å². The number of nitrogens with zero attached hydrogens (tertiary/aromatic N) is 3. The number of anilines is 3. The van der Waals surface area contributed by atoms with Gasteiger partial charge in [0, 0.05) is 12.6 Å². The summed E-state index contributed by atoms with van der Waals surface area (Å²) in [4.78, 5) is 21.9. The van der Waals surface area contributed by atoms with Crippen molar-refractivity contribution in [2.24, 2.45) is 0 Å². The summed E-state index contributed by atoms with van der Waals surface area (Å²) in [6.45, 7) is 5.68. The number of benzene rings is 1. The zero-order chi connectivity index (χ0) is 20.1. The number of pyridine rings is 1. The van der Waals surface area contributed by atoms with Crippen LogP contribution < -0.4 is 10.2 Å². The zero-order valence-corrected chi connectivity index (χ0v) is 17.0. The Hall–Kier alpha value is -2.84. The fraction of sp³-hybridized carbons (Fsp3) is 0.417. The summed E-state index contributed by atoms with van der Waals surface area (Å²) in [6.07, 6.45) is 7.78. The first-order chi connectivity index (χ1) is 14.2. The third-order valence-electron chi connectivity index (χ3n) is 5.59. The van der Waals surface area contributed by atoms with Crippen molar-refractivity contribution in [1.82, 2.24) is 9.88 Å². The molecule has 1 amide bonds. The van der Waals surface area contributed by atoms with Crippen LogP contribution in [0.4, 0.5) is 17.2 Å². The third-order valence-corrected chi connectivity index (χ3v) is 5.59. The molecule has 150 valence electrons. The lowest BCUT2D eigenvalue weighted by Gasteiger charge is -2.28. The molecule has 1 fully saturated rings. The number of fused-ring (bicyclic) bond motifs is 2. The maximum atomic E-state index is 12.7. The maximum Gasteiger partial charge on any atom is 0.257 e. The van der Waals surface area contributed by atoms with Gasteiger partial charge in [-0.05, 0) is 70.1 Å². The van der Waals surface area contributed by atoms with Gasteiger partial charge in [-0.3, -0.25) is 4.79 Å². The largest absolute Gasteiger partial charge is 0.319 e. The minimum atomic E-state index is -0.112. The first kappa shape index (κ1) is 19.5. The van der Waals surface area contributed by atoms with Crippen molar-refractivity contribution in [3.63, 3.8) is 0 Å². The van der Waals surface area contributed by atoms with Gasteiger partial charge >= 0.3 is 0 Å². The number of carbonyl (C=O) groups is 1. The van der Waals surface area contributed by atoms with E-state index < -0.39 is 0 Å². The Labute approximate surface area is 173 Å². The topological polar surface area (TPSA) is 48.5 Å². The number of piperidine rings is 1. The molecule has 1 aromatic carbocycles. The average molecular weight is 389 g/mol. The minimum Gasteiger partial charge on any atom is -0.319 e. The fourth-order valence-corrected chi connectivity index (χ4v) is 4.12.